The van der Waals surface area contributed by atoms with Crippen molar-refractivity contribution in [1.82, 2.24) is 19.9 Å². The average molecular weight is 448 g/mol. The standard InChI is InChI=1S/C17H14BrN5OS2/c1-10-6-7-14(24-10)16-20-11(8-25-16)9-26-17-22-21-15(23(17)19)12-4-2-3-5-13(12)18/h2-8H,9,19H2,1H3. The summed E-state index contributed by atoms with van der Waals surface area (Å²) in [5, 5.41) is 12.0. The molecule has 9 heteroatoms. The molecular formula is C17H14BrN5OS2. The molecule has 2 N–H and O–H groups in total. The number of benzene rings is 1. The van der Waals surface area contributed by atoms with Gasteiger partial charge in [0.2, 0.25) is 5.16 Å². The maximum absolute atomic E-state index is 6.18. The summed E-state index contributed by atoms with van der Waals surface area (Å²) in [6.45, 7) is 1.92. The highest BCUT2D eigenvalue weighted by atomic mass is 79.9. The highest BCUT2D eigenvalue weighted by Gasteiger charge is 2.15. The van der Waals surface area contributed by atoms with Crippen LogP contribution in [0.5, 0.6) is 0 Å². The zero-order valence-corrected chi connectivity index (χ0v) is 16.9. The van der Waals surface area contributed by atoms with Crippen molar-refractivity contribution in [2.45, 2.75) is 17.8 Å². The number of nitrogens with two attached hydrogens (primary N) is 1. The smallest absolute Gasteiger partial charge is 0.210 e. The number of hydrogen-bond acceptors (Lipinski definition) is 7. The Morgan fingerprint density at radius 1 is 1.23 bits per heavy atom. The van der Waals surface area contributed by atoms with Gasteiger partial charge in [-0.05, 0) is 31.2 Å². The molecule has 0 bridgehead atoms. The lowest BCUT2D eigenvalue weighted by Gasteiger charge is -2.04. The predicted molar refractivity (Wildman–Crippen MR) is 107 cm³/mol. The number of furan rings is 1. The van der Waals surface area contributed by atoms with Crippen molar-refractivity contribution in [3.8, 4) is 22.2 Å². The van der Waals surface area contributed by atoms with Gasteiger partial charge in [-0.15, -0.1) is 21.5 Å². The van der Waals surface area contributed by atoms with E-state index in [9.17, 15) is 0 Å². The first-order valence-corrected chi connectivity index (χ1v) is 10.4. The Hall–Kier alpha value is -2.10. The Balaban J connectivity index is 1.49. The minimum atomic E-state index is 0.616. The van der Waals surface area contributed by atoms with Gasteiger partial charge in [0.25, 0.3) is 0 Å². The number of nitrogens with zero attached hydrogens (tertiary/aromatic N) is 4. The van der Waals surface area contributed by atoms with Gasteiger partial charge in [0.1, 0.15) is 5.76 Å². The van der Waals surface area contributed by atoms with Gasteiger partial charge in [-0.1, -0.05) is 39.8 Å². The van der Waals surface area contributed by atoms with Crippen molar-refractivity contribution in [3.63, 3.8) is 0 Å². The molecule has 6 nitrogen and oxygen atoms in total. The van der Waals surface area contributed by atoms with Gasteiger partial charge < -0.3 is 10.3 Å². The normalized spacial score (nSPS) is 11.2. The SMILES string of the molecule is Cc1ccc(-c2nc(CSc3nnc(-c4ccccc4Br)n3N)cs2)o1. The number of halogens is 1. The molecule has 0 saturated carbocycles. The van der Waals surface area contributed by atoms with E-state index in [0.717, 1.165) is 32.3 Å². The van der Waals surface area contributed by atoms with E-state index in [4.69, 9.17) is 10.3 Å². The Morgan fingerprint density at radius 3 is 2.85 bits per heavy atom. The fourth-order valence-electron chi connectivity index (χ4n) is 2.38. The van der Waals surface area contributed by atoms with E-state index in [-0.39, 0.29) is 0 Å². The maximum Gasteiger partial charge on any atom is 0.210 e. The summed E-state index contributed by atoms with van der Waals surface area (Å²) in [7, 11) is 0. The molecule has 0 saturated heterocycles. The van der Waals surface area contributed by atoms with Crippen molar-refractivity contribution in [2.75, 3.05) is 5.84 Å². The Bertz CT molecular complexity index is 1060. The van der Waals surface area contributed by atoms with Crippen LogP contribution in [0.1, 0.15) is 11.5 Å². The molecule has 0 atom stereocenters. The van der Waals surface area contributed by atoms with Gasteiger partial charge in [0.05, 0.1) is 5.69 Å². The van der Waals surface area contributed by atoms with E-state index < -0.39 is 0 Å². The summed E-state index contributed by atoms with van der Waals surface area (Å²) in [6, 6.07) is 11.7. The Labute approximate surface area is 166 Å². The lowest BCUT2D eigenvalue weighted by Crippen LogP contribution is -2.11. The average Bonchev–Trinajstić information content (AvgIpc) is 3.34. The van der Waals surface area contributed by atoms with Crippen LogP contribution in [0.15, 0.2) is 55.8 Å². The molecule has 132 valence electrons. The molecule has 0 aliphatic rings. The van der Waals surface area contributed by atoms with Crippen LogP contribution in [0.3, 0.4) is 0 Å². The second kappa shape index (κ2) is 7.26. The van der Waals surface area contributed by atoms with E-state index in [0.29, 0.717) is 16.7 Å². The lowest BCUT2D eigenvalue weighted by molar-refractivity contribution is 0.548. The second-order valence-corrected chi connectivity index (χ2v) is 8.15. The van der Waals surface area contributed by atoms with Gasteiger partial charge in [-0.2, -0.15) is 0 Å². The third-order valence-corrected chi connectivity index (χ3v) is 6.21. The minimum absolute atomic E-state index is 0.616. The largest absolute Gasteiger partial charge is 0.459 e. The van der Waals surface area contributed by atoms with Gasteiger partial charge >= 0.3 is 0 Å². The van der Waals surface area contributed by atoms with E-state index in [2.05, 4.69) is 31.1 Å². The predicted octanol–water partition coefficient (Wildman–Crippen LogP) is 4.74. The summed E-state index contributed by atoms with van der Waals surface area (Å²) in [5.41, 5.74) is 1.85. The third-order valence-electron chi connectivity index (χ3n) is 3.63. The molecule has 0 aliphatic carbocycles. The topological polar surface area (TPSA) is 82.8 Å². The first-order valence-electron chi connectivity index (χ1n) is 7.71. The van der Waals surface area contributed by atoms with E-state index in [1.165, 1.54) is 16.4 Å². The van der Waals surface area contributed by atoms with Crippen LogP contribution in [0.25, 0.3) is 22.2 Å². The van der Waals surface area contributed by atoms with Crippen LogP contribution in [-0.4, -0.2) is 19.9 Å². The summed E-state index contributed by atoms with van der Waals surface area (Å²) >= 11 is 6.58. The van der Waals surface area contributed by atoms with Crippen LogP contribution < -0.4 is 5.84 Å². The molecule has 4 aromatic rings. The molecule has 0 fully saturated rings. The van der Waals surface area contributed by atoms with E-state index in [1.54, 1.807) is 11.3 Å². The Morgan fingerprint density at radius 2 is 2.08 bits per heavy atom. The molecule has 0 aliphatic heterocycles. The highest BCUT2D eigenvalue weighted by molar-refractivity contribution is 9.10. The number of aromatic nitrogens is 4. The number of rotatable bonds is 5. The zero-order valence-electron chi connectivity index (χ0n) is 13.7. The van der Waals surface area contributed by atoms with Gasteiger partial charge in [-0.25, -0.2) is 9.66 Å². The van der Waals surface area contributed by atoms with Gasteiger partial charge in [0, 0.05) is 21.2 Å². The molecule has 0 radical (unpaired) electrons. The maximum atomic E-state index is 6.18. The third kappa shape index (κ3) is 3.42. The number of thiazole rings is 1. The number of thioether (sulfide) groups is 1. The Kier molecular flexibility index (Phi) is 4.84. The van der Waals surface area contributed by atoms with Crippen molar-refractivity contribution in [3.05, 3.63) is 57.7 Å². The van der Waals surface area contributed by atoms with Crippen molar-refractivity contribution in [1.29, 1.82) is 0 Å². The molecule has 0 spiro atoms. The first-order chi connectivity index (χ1) is 12.6. The van der Waals surface area contributed by atoms with Crippen LogP contribution in [0.2, 0.25) is 0 Å². The molecule has 0 amide bonds. The number of nitrogen functional groups attached to an aromatic ring is 1. The van der Waals surface area contributed by atoms with Crippen LogP contribution in [0.4, 0.5) is 0 Å². The number of aryl methyl sites for hydroxylation is 1. The lowest BCUT2D eigenvalue weighted by atomic mass is 10.2. The molecule has 3 heterocycles. The monoisotopic (exact) mass is 447 g/mol. The summed E-state index contributed by atoms with van der Waals surface area (Å²) < 4.78 is 8.05. The molecular weight excluding hydrogens is 434 g/mol. The zero-order chi connectivity index (χ0) is 18.1. The van der Waals surface area contributed by atoms with E-state index >= 15 is 0 Å². The highest BCUT2D eigenvalue weighted by Crippen LogP contribution is 2.30. The van der Waals surface area contributed by atoms with Crippen molar-refractivity contribution >= 4 is 39.0 Å². The summed E-state index contributed by atoms with van der Waals surface area (Å²) in [6.07, 6.45) is 0. The molecule has 3 aromatic heterocycles. The van der Waals surface area contributed by atoms with Crippen LogP contribution in [-0.2, 0) is 5.75 Å². The van der Waals surface area contributed by atoms with E-state index in [1.807, 2.05) is 48.7 Å². The van der Waals surface area contributed by atoms with Gasteiger partial charge in [-0.3, -0.25) is 0 Å². The second-order valence-electron chi connectivity index (χ2n) is 5.50. The van der Waals surface area contributed by atoms with Crippen LogP contribution in [0, 0.1) is 6.92 Å². The summed E-state index contributed by atoms with van der Waals surface area (Å²) in [4.78, 5) is 4.62. The molecule has 26 heavy (non-hydrogen) atoms. The minimum Gasteiger partial charge on any atom is -0.459 e. The molecule has 0 unspecified atom stereocenters. The van der Waals surface area contributed by atoms with Crippen LogP contribution >= 0.6 is 39.0 Å². The first kappa shape index (κ1) is 17.3. The van der Waals surface area contributed by atoms with Crippen molar-refractivity contribution < 1.29 is 4.42 Å². The molecule has 4 rings (SSSR count). The molecule has 1 aromatic carbocycles. The fourth-order valence-corrected chi connectivity index (χ4v) is 4.47. The quantitative estimate of drug-likeness (QED) is 0.351. The summed E-state index contributed by atoms with van der Waals surface area (Å²) in [5.74, 6) is 9.12. The fraction of sp³-hybridized carbons (Fsp3) is 0.118. The van der Waals surface area contributed by atoms with Crippen molar-refractivity contribution in [2.24, 2.45) is 0 Å². The number of hydrogen-bond donors (Lipinski definition) is 1. The van der Waals surface area contributed by atoms with Gasteiger partial charge in [0.15, 0.2) is 16.6 Å².